The molecule has 2 unspecified atom stereocenters. The van der Waals surface area contributed by atoms with E-state index in [9.17, 15) is 8.42 Å². The fraction of sp³-hybridized carbons (Fsp3) is 0.615. The molecule has 6 heteroatoms. The summed E-state index contributed by atoms with van der Waals surface area (Å²) >= 11 is 5.72. The minimum atomic E-state index is -3.48. The third kappa shape index (κ3) is 3.91. The van der Waals surface area contributed by atoms with Crippen LogP contribution in [0.2, 0.25) is 5.15 Å². The number of rotatable bonds is 4. The van der Waals surface area contributed by atoms with Crippen LogP contribution in [-0.4, -0.2) is 19.9 Å². The van der Waals surface area contributed by atoms with E-state index in [0.29, 0.717) is 18.4 Å². The highest BCUT2D eigenvalue weighted by molar-refractivity contribution is 7.89. The van der Waals surface area contributed by atoms with Gasteiger partial charge in [-0.2, -0.15) is 0 Å². The van der Waals surface area contributed by atoms with Gasteiger partial charge in [0.2, 0.25) is 10.0 Å². The second-order valence-electron chi connectivity index (χ2n) is 5.19. The summed E-state index contributed by atoms with van der Waals surface area (Å²) in [6.45, 7) is 2.70. The highest BCUT2D eigenvalue weighted by Gasteiger charge is 2.23. The number of halogens is 1. The molecule has 106 valence electrons. The number of hydrogen-bond donors (Lipinski definition) is 1. The van der Waals surface area contributed by atoms with Crippen molar-refractivity contribution in [2.45, 2.75) is 37.5 Å². The van der Waals surface area contributed by atoms with Crippen LogP contribution in [-0.2, 0) is 10.0 Å². The number of hydrogen-bond acceptors (Lipinski definition) is 3. The highest BCUT2D eigenvalue weighted by Crippen LogP contribution is 2.29. The molecule has 1 heterocycles. The molecule has 1 aliphatic rings. The van der Waals surface area contributed by atoms with E-state index < -0.39 is 10.0 Å². The molecule has 0 bridgehead atoms. The fourth-order valence-electron chi connectivity index (χ4n) is 2.55. The minimum absolute atomic E-state index is 0.177. The van der Waals surface area contributed by atoms with E-state index in [-0.39, 0.29) is 10.0 Å². The van der Waals surface area contributed by atoms with Crippen molar-refractivity contribution in [1.29, 1.82) is 0 Å². The molecule has 1 fully saturated rings. The summed E-state index contributed by atoms with van der Waals surface area (Å²) < 4.78 is 27.0. The molecule has 2 atom stereocenters. The molecule has 0 radical (unpaired) electrons. The summed E-state index contributed by atoms with van der Waals surface area (Å²) in [7, 11) is -3.48. The lowest BCUT2D eigenvalue weighted by Crippen LogP contribution is -2.33. The van der Waals surface area contributed by atoms with Gasteiger partial charge in [0, 0.05) is 12.7 Å². The van der Waals surface area contributed by atoms with Crippen LogP contribution in [0.1, 0.15) is 32.6 Å². The van der Waals surface area contributed by atoms with E-state index >= 15 is 0 Å². The van der Waals surface area contributed by atoms with Gasteiger partial charge in [-0.25, -0.2) is 18.1 Å². The van der Waals surface area contributed by atoms with Crippen molar-refractivity contribution in [1.82, 2.24) is 9.71 Å². The van der Waals surface area contributed by atoms with Gasteiger partial charge in [-0.15, -0.1) is 0 Å². The maximum absolute atomic E-state index is 12.1. The molecule has 0 aromatic carbocycles. The van der Waals surface area contributed by atoms with Crippen molar-refractivity contribution in [2.24, 2.45) is 11.8 Å². The van der Waals surface area contributed by atoms with E-state index in [1.165, 1.54) is 37.6 Å². The Balaban J connectivity index is 2.01. The molecule has 0 saturated heterocycles. The number of pyridine rings is 1. The second-order valence-corrected chi connectivity index (χ2v) is 7.34. The molecule has 19 heavy (non-hydrogen) atoms. The largest absolute Gasteiger partial charge is 0.244 e. The maximum Gasteiger partial charge on any atom is 0.240 e. The summed E-state index contributed by atoms with van der Waals surface area (Å²) in [4.78, 5) is 3.97. The van der Waals surface area contributed by atoms with E-state index in [1.807, 2.05) is 0 Å². The molecule has 1 aliphatic carbocycles. The molecule has 1 aromatic heterocycles. The molecular formula is C13H19ClN2O2S. The van der Waals surface area contributed by atoms with Gasteiger partial charge in [0.15, 0.2) is 0 Å². The Morgan fingerprint density at radius 1 is 1.42 bits per heavy atom. The summed E-state index contributed by atoms with van der Waals surface area (Å²) in [6.07, 6.45) is 6.14. The molecule has 0 spiro atoms. The molecular weight excluding hydrogens is 284 g/mol. The normalized spacial score (nSPS) is 24.3. The van der Waals surface area contributed by atoms with Crippen LogP contribution in [0.4, 0.5) is 0 Å². The van der Waals surface area contributed by atoms with Crippen molar-refractivity contribution >= 4 is 21.6 Å². The first-order valence-electron chi connectivity index (χ1n) is 6.60. The summed E-state index contributed by atoms with van der Waals surface area (Å²) in [5.74, 6) is 1.01. The zero-order chi connectivity index (χ0) is 13.9. The first kappa shape index (κ1) is 14.8. The Morgan fingerprint density at radius 3 is 2.84 bits per heavy atom. The summed E-state index contributed by atoms with van der Waals surface area (Å²) in [6, 6.07) is 2.83. The van der Waals surface area contributed by atoms with Crippen LogP contribution in [0.25, 0.3) is 0 Å². The molecule has 4 nitrogen and oxygen atoms in total. The Bertz CT molecular complexity index is 533. The SMILES string of the molecule is CC1CCCCC1CNS(=O)(=O)c1ccnc(Cl)c1. The maximum atomic E-state index is 12.1. The van der Waals surface area contributed by atoms with Gasteiger partial charge in [-0.05, 0) is 30.4 Å². The van der Waals surface area contributed by atoms with Crippen LogP contribution in [0.3, 0.4) is 0 Å². The average molecular weight is 303 g/mol. The Kier molecular flexibility index (Phi) is 4.81. The zero-order valence-corrected chi connectivity index (χ0v) is 12.5. The van der Waals surface area contributed by atoms with E-state index in [4.69, 9.17) is 11.6 Å². The molecule has 1 aromatic rings. The molecule has 0 amide bonds. The number of nitrogens with zero attached hydrogens (tertiary/aromatic N) is 1. The standard InChI is InChI=1S/C13H19ClN2O2S/c1-10-4-2-3-5-11(10)9-16-19(17,18)12-6-7-15-13(14)8-12/h6-8,10-11,16H,2-5,9H2,1H3. The van der Waals surface area contributed by atoms with Gasteiger partial charge in [0.05, 0.1) is 4.90 Å². The lowest BCUT2D eigenvalue weighted by molar-refractivity contribution is 0.257. The van der Waals surface area contributed by atoms with Gasteiger partial charge in [-0.3, -0.25) is 0 Å². The first-order valence-corrected chi connectivity index (χ1v) is 8.46. The van der Waals surface area contributed by atoms with E-state index in [1.54, 1.807) is 0 Å². The number of aromatic nitrogens is 1. The lowest BCUT2D eigenvalue weighted by atomic mass is 9.81. The van der Waals surface area contributed by atoms with Crippen molar-refractivity contribution in [3.63, 3.8) is 0 Å². The van der Waals surface area contributed by atoms with Crippen LogP contribution < -0.4 is 4.72 Å². The first-order chi connectivity index (χ1) is 8.99. The molecule has 1 N–H and O–H groups in total. The van der Waals surface area contributed by atoms with Crippen molar-refractivity contribution in [3.05, 3.63) is 23.5 Å². The third-order valence-corrected chi connectivity index (χ3v) is 5.46. The quantitative estimate of drug-likeness (QED) is 0.870. The van der Waals surface area contributed by atoms with Crippen LogP contribution in [0.5, 0.6) is 0 Å². The van der Waals surface area contributed by atoms with Crippen molar-refractivity contribution in [3.8, 4) is 0 Å². The zero-order valence-electron chi connectivity index (χ0n) is 11.0. The monoisotopic (exact) mass is 302 g/mol. The topological polar surface area (TPSA) is 59.1 Å². The van der Waals surface area contributed by atoms with E-state index in [2.05, 4.69) is 16.6 Å². The molecule has 2 rings (SSSR count). The Labute approximate surface area is 119 Å². The lowest BCUT2D eigenvalue weighted by Gasteiger charge is -2.28. The van der Waals surface area contributed by atoms with Crippen LogP contribution >= 0.6 is 11.6 Å². The minimum Gasteiger partial charge on any atom is -0.244 e. The number of nitrogens with one attached hydrogen (secondary N) is 1. The average Bonchev–Trinajstić information content (AvgIpc) is 2.38. The van der Waals surface area contributed by atoms with Gasteiger partial charge in [-0.1, -0.05) is 37.8 Å². The third-order valence-electron chi connectivity index (χ3n) is 3.83. The van der Waals surface area contributed by atoms with Crippen molar-refractivity contribution < 1.29 is 8.42 Å². The Morgan fingerprint density at radius 2 is 2.16 bits per heavy atom. The van der Waals surface area contributed by atoms with Gasteiger partial charge in [0.1, 0.15) is 5.15 Å². The summed E-state index contributed by atoms with van der Waals surface area (Å²) in [5.41, 5.74) is 0. The van der Waals surface area contributed by atoms with Gasteiger partial charge < -0.3 is 0 Å². The number of sulfonamides is 1. The molecule has 0 aliphatic heterocycles. The van der Waals surface area contributed by atoms with Crippen LogP contribution in [0, 0.1) is 11.8 Å². The van der Waals surface area contributed by atoms with E-state index in [0.717, 1.165) is 6.42 Å². The predicted octanol–water partition coefficient (Wildman–Crippen LogP) is 2.84. The van der Waals surface area contributed by atoms with Gasteiger partial charge >= 0.3 is 0 Å². The fourth-order valence-corrected chi connectivity index (χ4v) is 3.89. The van der Waals surface area contributed by atoms with Crippen LogP contribution in [0.15, 0.2) is 23.2 Å². The smallest absolute Gasteiger partial charge is 0.240 e. The predicted molar refractivity (Wildman–Crippen MR) is 75.6 cm³/mol. The van der Waals surface area contributed by atoms with Gasteiger partial charge in [0.25, 0.3) is 0 Å². The summed E-state index contributed by atoms with van der Waals surface area (Å²) in [5, 5.41) is 0.189. The molecule has 1 saturated carbocycles. The highest BCUT2D eigenvalue weighted by atomic mass is 35.5. The Hall–Kier alpha value is -0.650. The second kappa shape index (κ2) is 6.20. The van der Waals surface area contributed by atoms with Crippen molar-refractivity contribution in [2.75, 3.05) is 6.54 Å².